The van der Waals surface area contributed by atoms with Gasteiger partial charge in [0, 0.05) is 11.8 Å². The summed E-state index contributed by atoms with van der Waals surface area (Å²) in [6.07, 6.45) is 3.56. The van der Waals surface area contributed by atoms with Crippen LogP contribution in [-0.4, -0.2) is 31.6 Å². The predicted octanol–water partition coefficient (Wildman–Crippen LogP) is 2.31. The summed E-state index contributed by atoms with van der Waals surface area (Å²) in [7, 11) is 0. The van der Waals surface area contributed by atoms with Crippen LogP contribution < -0.4 is 5.69 Å². The van der Waals surface area contributed by atoms with E-state index in [2.05, 4.69) is 4.98 Å². The van der Waals surface area contributed by atoms with Crippen molar-refractivity contribution in [3.05, 3.63) is 34.2 Å². The lowest BCUT2D eigenvalue weighted by Gasteiger charge is -2.21. The van der Waals surface area contributed by atoms with Crippen molar-refractivity contribution >= 4 is 28.8 Å². The molecule has 0 spiro atoms. The van der Waals surface area contributed by atoms with E-state index in [1.165, 1.54) is 18.9 Å². The number of carbonyl (C=O) groups is 1. The van der Waals surface area contributed by atoms with Gasteiger partial charge in [0.1, 0.15) is 0 Å². The highest BCUT2D eigenvalue weighted by Gasteiger charge is 2.18. The minimum Gasteiger partial charge on any atom is -0.478 e. The van der Waals surface area contributed by atoms with Crippen LogP contribution >= 0.6 is 11.8 Å². The number of nitrogens with one attached hydrogen (secondary N) is 1. The number of aromatic nitrogens is 2. The van der Waals surface area contributed by atoms with Gasteiger partial charge in [-0.1, -0.05) is 6.42 Å². The number of nitrogens with zero attached hydrogens (tertiary/aromatic N) is 1. The van der Waals surface area contributed by atoms with Gasteiger partial charge in [-0.05, 0) is 36.8 Å². The Bertz CT molecular complexity index is 698. The highest BCUT2D eigenvalue weighted by molar-refractivity contribution is 7.99. The van der Waals surface area contributed by atoms with E-state index in [0.717, 1.165) is 12.2 Å². The monoisotopic (exact) mass is 292 g/mol. The van der Waals surface area contributed by atoms with Crippen LogP contribution in [0.15, 0.2) is 23.0 Å². The Hall–Kier alpha value is -1.69. The number of hydrogen-bond acceptors (Lipinski definition) is 3. The molecule has 1 aromatic carbocycles. The molecule has 1 aliphatic heterocycles. The molecular weight excluding hydrogens is 276 g/mol. The van der Waals surface area contributed by atoms with Crippen LogP contribution in [-0.2, 0) is 6.54 Å². The van der Waals surface area contributed by atoms with Crippen LogP contribution in [0, 0.1) is 0 Å². The SMILES string of the molecule is O=C(O)c1ccc2[nH]c(=O)n(CC3CCCCS3)c2c1. The smallest absolute Gasteiger partial charge is 0.335 e. The Balaban J connectivity index is 1.99. The van der Waals surface area contributed by atoms with Crippen molar-refractivity contribution in [3.63, 3.8) is 0 Å². The van der Waals surface area contributed by atoms with Gasteiger partial charge < -0.3 is 10.1 Å². The minimum absolute atomic E-state index is 0.159. The summed E-state index contributed by atoms with van der Waals surface area (Å²) in [5.74, 6) is 0.168. The molecule has 2 N–H and O–H groups in total. The zero-order valence-corrected chi connectivity index (χ0v) is 11.8. The Morgan fingerprint density at radius 2 is 2.30 bits per heavy atom. The van der Waals surface area contributed by atoms with Crippen molar-refractivity contribution in [1.82, 2.24) is 9.55 Å². The molecule has 1 atom stereocenters. The second kappa shape index (κ2) is 5.36. The molecule has 0 bridgehead atoms. The molecule has 0 amide bonds. The van der Waals surface area contributed by atoms with Crippen LogP contribution in [0.3, 0.4) is 0 Å². The van der Waals surface area contributed by atoms with Crippen LogP contribution in [0.25, 0.3) is 11.0 Å². The van der Waals surface area contributed by atoms with Gasteiger partial charge in [-0.25, -0.2) is 9.59 Å². The first-order chi connectivity index (χ1) is 9.65. The maximum absolute atomic E-state index is 12.0. The number of rotatable bonds is 3. The number of carboxylic acid groups (broad SMARTS) is 1. The molecular formula is C14H16N2O3S. The van der Waals surface area contributed by atoms with Crippen molar-refractivity contribution in [1.29, 1.82) is 0 Å². The third-order valence-electron chi connectivity index (χ3n) is 3.68. The number of imidazole rings is 1. The van der Waals surface area contributed by atoms with Crippen LogP contribution in [0.1, 0.15) is 29.6 Å². The molecule has 3 rings (SSSR count). The largest absolute Gasteiger partial charge is 0.478 e. The maximum atomic E-state index is 12.0. The van der Waals surface area contributed by atoms with Crippen molar-refractivity contribution in [2.24, 2.45) is 0 Å². The molecule has 0 aliphatic carbocycles. The van der Waals surface area contributed by atoms with Crippen LogP contribution in [0.5, 0.6) is 0 Å². The number of H-pyrrole nitrogens is 1. The molecule has 2 heterocycles. The van der Waals surface area contributed by atoms with Gasteiger partial charge in [0.25, 0.3) is 0 Å². The zero-order chi connectivity index (χ0) is 14.1. The standard InChI is InChI=1S/C14H16N2O3S/c17-13(18)9-4-5-11-12(7-9)16(14(19)15-11)8-10-3-1-2-6-20-10/h4-5,7,10H,1-3,6,8H2,(H,15,19)(H,17,18). The summed E-state index contributed by atoms with van der Waals surface area (Å²) < 4.78 is 1.67. The normalized spacial score (nSPS) is 19.3. The summed E-state index contributed by atoms with van der Waals surface area (Å²) in [5.41, 5.74) is 1.43. The highest BCUT2D eigenvalue weighted by atomic mass is 32.2. The summed E-state index contributed by atoms with van der Waals surface area (Å²) in [6, 6.07) is 4.74. The molecule has 1 saturated heterocycles. The number of carboxylic acids is 1. The van der Waals surface area contributed by atoms with Gasteiger partial charge in [-0.3, -0.25) is 4.57 Å². The third-order valence-corrected chi connectivity index (χ3v) is 5.06. The fourth-order valence-corrected chi connectivity index (χ4v) is 3.91. The molecule has 2 aromatic rings. The van der Waals surface area contributed by atoms with Gasteiger partial charge in [0.05, 0.1) is 16.6 Å². The summed E-state index contributed by atoms with van der Waals surface area (Å²) in [6.45, 7) is 0.645. The zero-order valence-electron chi connectivity index (χ0n) is 11.0. The molecule has 1 aromatic heterocycles. The lowest BCUT2D eigenvalue weighted by Crippen LogP contribution is -2.24. The van der Waals surface area contributed by atoms with Crippen molar-refractivity contribution in [2.45, 2.75) is 31.1 Å². The Morgan fingerprint density at radius 3 is 3.00 bits per heavy atom. The van der Waals surface area contributed by atoms with Gasteiger partial charge in [0.2, 0.25) is 0 Å². The maximum Gasteiger partial charge on any atom is 0.335 e. The molecule has 1 unspecified atom stereocenters. The fourth-order valence-electron chi connectivity index (χ4n) is 2.62. The predicted molar refractivity (Wildman–Crippen MR) is 79.6 cm³/mol. The average Bonchev–Trinajstić information content (AvgIpc) is 2.75. The van der Waals surface area contributed by atoms with E-state index >= 15 is 0 Å². The fraction of sp³-hybridized carbons (Fsp3) is 0.429. The Labute approximate surface area is 120 Å². The number of fused-ring (bicyclic) bond motifs is 1. The number of aromatic amines is 1. The van der Waals surface area contributed by atoms with Crippen molar-refractivity contribution in [3.8, 4) is 0 Å². The summed E-state index contributed by atoms with van der Waals surface area (Å²) in [5, 5.41) is 9.50. The summed E-state index contributed by atoms with van der Waals surface area (Å²) in [4.78, 5) is 25.9. The van der Waals surface area contributed by atoms with Gasteiger partial charge >= 0.3 is 11.7 Å². The molecule has 0 saturated carbocycles. The van der Waals surface area contributed by atoms with Gasteiger partial charge in [-0.2, -0.15) is 11.8 Å². The minimum atomic E-state index is -0.973. The first-order valence-electron chi connectivity index (χ1n) is 6.72. The second-order valence-electron chi connectivity index (χ2n) is 5.07. The van der Waals surface area contributed by atoms with Crippen molar-refractivity contribution in [2.75, 3.05) is 5.75 Å². The van der Waals surface area contributed by atoms with E-state index in [1.807, 2.05) is 11.8 Å². The number of aromatic carboxylic acids is 1. The van der Waals surface area contributed by atoms with Crippen LogP contribution in [0.2, 0.25) is 0 Å². The quantitative estimate of drug-likeness (QED) is 0.910. The first-order valence-corrected chi connectivity index (χ1v) is 7.77. The van der Waals surface area contributed by atoms with E-state index in [9.17, 15) is 9.59 Å². The Morgan fingerprint density at radius 1 is 1.45 bits per heavy atom. The molecule has 20 heavy (non-hydrogen) atoms. The highest BCUT2D eigenvalue weighted by Crippen LogP contribution is 2.27. The lowest BCUT2D eigenvalue weighted by molar-refractivity contribution is 0.0697. The molecule has 5 nitrogen and oxygen atoms in total. The summed E-state index contributed by atoms with van der Waals surface area (Å²) >= 11 is 1.90. The Kier molecular flexibility index (Phi) is 3.56. The number of hydrogen-bond donors (Lipinski definition) is 2. The van der Waals surface area contributed by atoms with Crippen molar-refractivity contribution < 1.29 is 9.90 Å². The van der Waals surface area contributed by atoms with E-state index in [-0.39, 0.29) is 11.3 Å². The topological polar surface area (TPSA) is 75.1 Å². The van der Waals surface area contributed by atoms with Crippen LogP contribution in [0.4, 0.5) is 0 Å². The molecule has 1 aliphatic rings. The van der Waals surface area contributed by atoms with Gasteiger partial charge in [-0.15, -0.1) is 0 Å². The average molecular weight is 292 g/mol. The molecule has 1 fully saturated rings. The lowest BCUT2D eigenvalue weighted by atomic mass is 10.1. The molecule has 6 heteroatoms. The first kappa shape index (κ1) is 13.3. The second-order valence-corrected chi connectivity index (χ2v) is 6.47. The number of thioether (sulfide) groups is 1. The van der Waals surface area contributed by atoms with E-state index in [4.69, 9.17) is 5.11 Å². The van der Waals surface area contributed by atoms with E-state index in [1.54, 1.807) is 16.7 Å². The number of benzene rings is 1. The molecule has 106 valence electrons. The van der Waals surface area contributed by atoms with Gasteiger partial charge in [0.15, 0.2) is 0 Å². The third kappa shape index (κ3) is 2.47. The molecule has 0 radical (unpaired) electrons. The van der Waals surface area contributed by atoms with E-state index in [0.29, 0.717) is 22.8 Å². The van der Waals surface area contributed by atoms with E-state index < -0.39 is 5.97 Å².